The van der Waals surface area contributed by atoms with Gasteiger partial charge >= 0.3 is 17.9 Å². The lowest BCUT2D eigenvalue weighted by Crippen LogP contribution is -2.30. The number of carbonyl (C=O) groups is 3. The smallest absolute Gasteiger partial charge is 0.306 e. The Morgan fingerprint density at radius 2 is 0.700 bits per heavy atom. The summed E-state index contributed by atoms with van der Waals surface area (Å²) in [7, 11) is 0. The Hall–Kier alpha value is -3.93. The fourth-order valence-electron chi connectivity index (χ4n) is 5.98. The molecule has 0 fully saturated rings. The molecule has 0 rings (SSSR count). The summed E-state index contributed by atoms with van der Waals surface area (Å²) < 4.78 is 16.6. The van der Waals surface area contributed by atoms with Crippen molar-refractivity contribution in [2.45, 2.75) is 200 Å². The van der Waals surface area contributed by atoms with Crippen molar-refractivity contribution in [2.75, 3.05) is 13.2 Å². The molecule has 1 atom stereocenters. The molecule has 0 aromatic rings. The minimum Gasteiger partial charge on any atom is -0.462 e. The fourth-order valence-corrected chi connectivity index (χ4v) is 5.98. The normalized spacial score (nSPS) is 13.1. The van der Waals surface area contributed by atoms with Gasteiger partial charge in [-0.1, -0.05) is 182 Å². The Bertz CT molecular complexity index is 1280. The molecule has 0 N–H and O–H groups in total. The molecular formula is C54H86O6. The summed E-state index contributed by atoms with van der Waals surface area (Å²) in [5.74, 6) is -1.08. The SMILES string of the molecule is CC/C=C\C/C=C\C/C=C\C/C=C\C/C=C\CCC(=O)OCC(COC(=O)CCC/C=C\C/C=C\C/C=C\CC)OC(=O)CCCCCCCCC/C=C\CCCCCC. The highest BCUT2D eigenvalue weighted by molar-refractivity contribution is 5.71. The molecule has 0 aromatic carbocycles. The predicted octanol–water partition coefficient (Wildman–Crippen LogP) is 15.6. The van der Waals surface area contributed by atoms with Crippen LogP contribution in [0.5, 0.6) is 0 Å². The average molecular weight is 831 g/mol. The molecule has 0 aliphatic rings. The lowest BCUT2D eigenvalue weighted by Gasteiger charge is -2.18. The van der Waals surface area contributed by atoms with Gasteiger partial charge in [-0.25, -0.2) is 0 Å². The van der Waals surface area contributed by atoms with E-state index in [-0.39, 0.29) is 44.0 Å². The minimum atomic E-state index is -0.830. The third kappa shape index (κ3) is 45.2. The summed E-state index contributed by atoms with van der Waals surface area (Å²) in [5, 5.41) is 0. The average Bonchev–Trinajstić information content (AvgIpc) is 3.24. The van der Waals surface area contributed by atoms with Crippen molar-refractivity contribution in [3.63, 3.8) is 0 Å². The molecule has 0 amide bonds. The van der Waals surface area contributed by atoms with Crippen LogP contribution in [-0.2, 0) is 28.6 Å². The zero-order valence-electron chi connectivity index (χ0n) is 38.4. The van der Waals surface area contributed by atoms with E-state index in [1.54, 1.807) is 0 Å². The van der Waals surface area contributed by atoms with Gasteiger partial charge in [0, 0.05) is 19.3 Å². The Morgan fingerprint density at radius 1 is 0.350 bits per heavy atom. The van der Waals surface area contributed by atoms with Gasteiger partial charge in [-0.15, -0.1) is 0 Å². The first-order chi connectivity index (χ1) is 29.5. The Labute approximate surface area is 368 Å². The molecule has 0 spiro atoms. The van der Waals surface area contributed by atoms with Crippen LogP contribution in [0.3, 0.4) is 0 Å². The van der Waals surface area contributed by atoms with Crippen LogP contribution < -0.4 is 0 Å². The first-order valence-corrected chi connectivity index (χ1v) is 23.9. The summed E-state index contributed by atoms with van der Waals surface area (Å²) in [6.45, 7) is 6.25. The van der Waals surface area contributed by atoms with Crippen molar-refractivity contribution >= 4 is 17.9 Å². The topological polar surface area (TPSA) is 78.9 Å². The van der Waals surface area contributed by atoms with E-state index in [0.717, 1.165) is 77.0 Å². The summed E-state index contributed by atoms with van der Waals surface area (Å²) in [4.78, 5) is 37.8. The maximum atomic E-state index is 12.8. The quantitative estimate of drug-likeness (QED) is 0.0264. The Kier molecular flexibility index (Phi) is 44.6. The lowest BCUT2D eigenvalue weighted by molar-refractivity contribution is -0.166. The zero-order chi connectivity index (χ0) is 43.7. The number of ether oxygens (including phenoxy) is 3. The monoisotopic (exact) mass is 831 g/mol. The molecule has 0 aliphatic heterocycles. The molecule has 60 heavy (non-hydrogen) atoms. The van der Waals surface area contributed by atoms with Crippen molar-refractivity contribution in [1.29, 1.82) is 0 Å². The van der Waals surface area contributed by atoms with E-state index in [2.05, 4.69) is 118 Å². The maximum absolute atomic E-state index is 12.8. The molecule has 6 heteroatoms. The van der Waals surface area contributed by atoms with Crippen molar-refractivity contribution < 1.29 is 28.6 Å². The second-order valence-electron chi connectivity index (χ2n) is 15.2. The summed E-state index contributed by atoms with van der Waals surface area (Å²) in [5.41, 5.74) is 0. The number of carbonyl (C=O) groups excluding carboxylic acids is 3. The first-order valence-electron chi connectivity index (χ1n) is 23.9. The van der Waals surface area contributed by atoms with Crippen molar-refractivity contribution in [3.05, 3.63) is 109 Å². The molecule has 0 radical (unpaired) electrons. The van der Waals surface area contributed by atoms with Gasteiger partial charge in [0.15, 0.2) is 6.10 Å². The summed E-state index contributed by atoms with van der Waals surface area (Å²) in [6, 6.07) is 0. The van der Waals surface area contributed by atoms with Gasteiger partial charge in [-0.05, 0) is 103 Å². The number of rotatable bonds is 41. The van der Waals surface area contributed by atoms with E-state index in [9.17, 15) is 14.4 Å². The molecule has 338 valence electrons. The van der Waals surface area contributed by atoms with E-state index in [4.69, 9.17) is 14.2 Å². The van der Waals surface area contributed by atoms with Gasteiger partial charge in [0.2, 0.25) is 0 Å². The number of allylic oxidation sites excluding steroid dienone is 18. The van der Waals surface area contributed by atoms with Crippen LogP contribution in [0.2, 0.25) is 0 Å². The molecule has 0 aliphatic carbocycles. The van der Waals surface area contributed by atoms with Crippen LogP contribution >= 0.6 is 0 Å². The fraction of sp³-hybridized carbons (Fsp3) is 0.611. The molecule has 1 unspecified atom stereocenters. The van der Waals surface area contributed by atoms with Gasteiger partial charge in [0.25, 0.3) is 0 Å². The first kappa shape index (κ1) is 56.1. The van der Waals surface area contributed by atoms with E-state index in [1.165, 1.54) is 64.2 Å². The molecule has 0 saturated carbocycles. The van der Waals surface area contributed by atoms with Gasteiger partial charge in [0.1, 0.15) is 13.2 Å². The van der Waals surface area contributed by atoms with Crippen molar-refractivity contribution in [3.8, 4) is 0 Å². The minimum absolute atomic E-state index is 0.131. The second-order valence-corrected chi connectivity index (χ2v) is 15.2. The van der Waals surface area contributed by atoms with Crippen LogP contribution in [0.4, 0.5) is 0 Å². The lowest BCUT2D eigenvalue weighted by atomic mass is 10.1. The zero-order valence-corrected chi connectivity index (χ0v) is 38.4. The van der Waals surface area contributed by atoms with E-state index in [1.807, 2.05) is 12.2 Å². The molecule has 0 aromatic heterocycles. The Morgan fingerprint density at radius 3 is 1.18 bits per heavy atom. The van der Waals surface area contributed by atoms with Crippen LogP contribution in [0.25, 0.3) is 0 Å². The second kappa shape index (κ2) is 47.7. The number of hydrogen-bond donors (Lipinski definition) is 0. The van der Waals surface area contributed by atoms with Gasteiger partial charge in [0.05, 0.1) is 0 Å². The number of esters is 3. The van der Waals surface area contributed by atoms with Crippen molar-refractivity contribution in [1.82, 2.24) is 0 Å². The van der Waals surface area contributed by atoms with E-state index < -0.39 is 6.10 Å². The standard InChI is InChI=1S/C54H86O6/c1-4-7-10-13-16-19-22-24-26-28-29-32-35-38-41-44-47-53(56)59-50-51(49-58-52(55)46-43-40-37-34-31-21-18-15-12-9-6-3)60-54(57)48-45-42-39-36-33-30-27-25-23-20-17-14-11-8-5-2/h7,9-10,12,16,18-21,23-24,26,29,32,34,37-38,41,51H,4-6,8,11,13-15,17,22,25,27-28,30-31,33,35-36,39-40,42-50H2,1-3H3/b10-7-,12-9-,19-16-,21-18-,23-20-,26-24-,32-29-,37-34-,41-38-. The molecule has 0 saturated heterocycles. The summed E-state index contributed by atoms with van der Waals surface area (Å²) in [6.07, 6.45) is 63.8. The van der Waals surface area contributed by atoms with E-state index in [0.29, 0.717) is 19.3 Å². The summed E-state index contributed by atoms with van der Waals surface area (Å²) >= 11 is 0. The van der Waals surface area contributed by atoms with Gasteiger partial charge < -0.3 is 14.2 Å². The third-order valence-electron chi connectivity index (χ3n) is 9.51. The molecular weight excluding hydrogens is 745 g/mol. The predicted molar refractivity (Wildman–Crippen MR) is 256 cm³/mol. The third-order valence-corrected chi connectivity index (χ3v) is 9.51. The van der Waals surface area contributed by atoms with E-state index >= 15 is 0 Å². The van der Waals surface area contributed by atoms with Gasteiger partial charge in [-0.3, -0.25) is 14.4 Å². The van der Waals surface area contributed by atoms with Crippen LogP contribution in [-0.4, -0.2) is 37.2 Å². The maximum Gasteiger partial charge on any atom is 0.306 e. The molecule has 0 bridgehead atoms. The van der Waals surface area contributed by atoms with Crippen LogP contribution in [0, 0.1) is 0 Å². The van der Waals surface area contributed by atoms with Crippen molar-refractivity contribution in [2.24, 2.45) is 0 Å². The van der Waals surface area contributed by atoms with Gasteiger partial charge in [-0.2, -0.15) is 0 Å². The largest absolute Gasteiger partial charge is 0.462 e. The highest BCUT2D eigenvalue weighted by atomic mass is 16.6. The molecule has 6 nitrogen and oxygen atoms in total. The highest BCUT2D eigenvalue weighted by Crippen LogP contribution is 2.12. The van der Waals surface area contributed by atoms with Crippen LogP contribution in [0.15, 0.2) is 109 Å². The Balaban J connectivity index is 4.56. The molecule has 0 heterocycles. The highest BCUT2D eigenvalue weighted by Gasteiger charge is 2.19. The number of unbranched alkanes of at least 4 members (excludes halogenated alkanes) is 12. The number of hydrogen-bond acceptors (Lipinski definition) is 6. The van der Waals surface area contributed by atoms with Crippen LogP contribution in [0.1, 0.15) is 194 Å².